The molecule has 1 aliphatic heterocycles. The lowest BCUT2D eigenvalue weighted by molar-refractivity contribution is 0.306. The van der Waals surface area contributed by atoms with Crippen LogP contribution >= 0.6 is 15.9 Å². The molecule has 1 saturated heterocycles. The maximum Gasteiger partial charge on any atom is 0.0400 e. The molecular formula is C15H24BrN3. The molecule has 1 N–H and O–H groups in total. The molecule has 0 aromatic heterocycles. The van der Waals surface area contributed by atoms with Gasteiger partial charge in [0.2, 0.25) is 0 Å². The van der Waals surface area contributed by atoms with Crippen molar-refractivity contribution in [3.8, 4) is 0 Å². The molecular weight excluding hydrogens is 302 g/mol. The van der Waals surface area contributed by atoms with Gasteiger partial charge in [-0.05, 0) is 51.7 Å². The van der Waals surface area contributed by atoms with Crippen LogP contribution in [0.1, 0.15) is 12.5 Å². The Kier molecular flexibility index (Phi) is 4.87. The van der Waals surface area contributed by atoms with Gasteiger partial charge in [-0.2, -0.15) is 0 Å². The molecule has 3 nitrogen and oxygen atoms in total. The minimum Gasteiger partial charge on any atom is -0.366 e. The number of hydrogen-bond acceptors (Lipinski definition) is 3. The molecule has 0 spiro atoms. The second kappa shape index (κ2) is 6.25. The van der Waals surface area contributed by atoms with Crippen LogP contribution in [0.15, 0.2) is 22.7 Å². The van der Waals surface area contributed by atoms with E-state index in [0.29, 0.717) is 12.1 Å². The van der Waals surface area contributed by atoms with Crippen LogP contribution in [-0.2, 0) is 0 Å². The van der Waals surface area contributed by atoms with Crippen LogP contribution in [-0.4, -0.2) is 50.7 Å². The quantitative estimate of drug-likeness (QED) is 0.921. The number of halogens is 1. The second-order valence-corrected chi connectivity index (χ2v) is 6.72. The van der Waals surface area contributed by atoms with E-state index in [9.17, 15) is 0 Å². The Labute approximate surface area is 125 Å². The zero-order chi connectivity index (χ0) is 14.0. The summed E-state index contributed by atoms with van der Waals surface area (Å²) in [5.74, 6) is 0. The monoisotopic (exact) mass is 325 g/mol. The van der Waals surface area contributed by atoms with Gasteiger partial charge in [-0.3, -0.25) is 0 Å². The van der Waals surface area contributed by atoms with Crippen LogP contribution in [0, 0.1) is 6.92 Å². The molecule has 106 valence electrons. The lowest BCUT2D eigenvalue weighted by Gasteiger charge is -2.41. The number of aryl methyl sites for hydroxylation is 1. The summed E-state index contributed by atoms with van der Waals surface area (Å²) in [6.07, 6.45) is 0. The van der Waals surface area contributed by atoms with E-state index in [1.165, 1.54) is 11.3 Å². The van der Waals surface area contributed by atoms with E-state index >= 15 is 0 Å². The fourth-order valence-corrected chi connectivity index (χ4v) is 3.24. The number of nitrogens with one attached hydrogen (secondary N) is 1. The molecule has 2 unspecified atom stereocenters. The highest BCUT2D eigenvalue weighted by atomic mass is 79.9. The van der Waals surface area contributed by atoms with Crippen LogP contribution in [0.5, 0.6) is 0 Å². The minimum atomic E-state index is 0.536. The molecule has 0 amide bonds. The average Bonchev–Trinajstić information content (AvgIpc) is 2.31. The van der Waals surface area contributed by atoms with Crippen molar-refractivity contribution in [1.29, 1.82) is 0 Å². The second-order valence-electron chi connectivity index (χ2n) is 5.80. The van der Waals surface area contributed by atoms with Gasteiger partial charge in [0.25, 0.3) is 0 Å². The molecule has 1 aromatic carbocycles. The third kappa shape index (κ3) is 3.71. The Morgan fingerprint density at radius 3 is 2.79 bits per heavy atom. The number of rotatable bonds is 3. The molecule has 2 atom stereocenters. The Balaban J connectivity index is 2.16. The van der Waals surface area contributed by atoms with Gasteiger partial charge in [0.15, 0.2) is 0 Å². The lowest BCUT2D eigenvalue weighted by Crippen LogP contribution is -2.58. The molecule has 2 rings (SSSR count). The predicted octanol–water partition coefficient (Wildman–Crippen LogP) is 2.49. The number of anilines is 1. The van der Waals surface area contributed by atoms with Crippen molar-refractivity contribution in [2.45, 2.75) is 25.9 Å². The van der Waals surface area contributed by atoms with E-state index in [1.54, 1.807) is 0 Å². The van der Waals surface area contributed by atoms with E-state index < -0.39 is 0 Å². The first-order valence-corrected chi connectivity index (χ1v) is 7.67. The molecule has 0 radical (unpaired) electrons. The maximum atomic E-state index is 3.64. The number of hydrogen-bond donors (Lipinski definition) is 1. The highest BCUT2D eigenvalue weighted by molar-refractivity contribution is 9.10. The summed E-state index contributed by atoms with van der Waals surface area (Å²) in [7, 11) is 4.27. The van der Waals surface area contributed by atoms with E-state index in [2.05, 4.69) is 77.2 Å². The van der Waals surface area contributed by atoms with Crippen molar-refractivity contribution in [2.24, 2.45) is 0 Å². The molecule has 1 heterocycles. The third-order valence-corrected chi connectivity index (χ3v) is 4.20. The van der Waals surface area contributed by atoms with Crippen LogP contribution in [0.25, 0.3) is 0 Å². The molecule has 1 aromatic rings. The Morgan fingerprint density at radius 1 is 1.42 bits per heavy atom. The SMILES string of the molecule is Cc1cc(Br)ccc1N1CC(CN(C)C)NCC1C. The van der Waals surface area contributed by atoms with Crippen molar-refractivity contribution >= 4 is 21.6 Å². The standard InChI is InChI=1S/C15H24BrN3/c1-11-7-13(16)5-6-15(11)19-10-14(9-18(3)4)17-8-12(19)2/h5-7,12,14,17H,8-10H2,1-4H3. The highest BCUT2D eigenvalue weighted by Crippen LogP contribution is 2.26. The molecule has 4 heteroatoms. The normalized spacial score (nSPS) is 24.0. The number of nitrogens with zero attached hydrogens (tertiary/aromatic N) is 2. The Hall–Kier alpha value is -0.580. The lowest BCUT2D eigenvalue weighted by atomic mass is 10.1. The van der Waals surface area contributed by atoms with Gasteiger partial charge >= 0.3 is 0 Å². The van der Waals surface area contributed by atoms with Crippen molar-refractivity contribution in [3.05, 3.63) is 28.2 Å². The Bertz CT molecular complexity index is 433. The summed E-state index contributed by atoms with van der Waals surface area (Å²) in [6.45, 7) is 7.69. The Morgan fingerprint density at radius 2 is 2.16 bits per heavy atom. The molecule has 1 aliphatic rings. The van der Waals surface area contributed by atoms with Gasteiger partial charge in [0.1, 0.15) is 0 Å². The van der Waals surface area contributed by atoms with E-state index in [-0.39, 0.29) is 0 Å². The molecule has 0 saturated carbocycles. The summed E-state index contributed by atoms with van der Waals surface area (Å²) in [5, 5.41) is 3.64. The van der Waals surface area contributed by atoms with Gasteiger partial charge in [0.05, 0.1) is 0 Å². The van der Waals surface area contributed by atoms with Gasteiger partial charge in [-0.25, -0.2) is 0 Å². The van der Waals surface area contributed by atoms with Gasteiger partial charge in [-0.15, -0.1) is 0 Å². The van der Waals surface area contributed by atoms with E-state index in [1.807, 2.05) is 0 Å². The first-order chi connectivity index (χ1) is 8.97. The molecule has 1 fully saturated rings. The van der Waals surface area contributed by atoms with E-state index in [4.69, 9.17) is 0 Å². The number of piperazine rings is 1. The van der Waals surface area contributed by atoms with Crippen LogP contribution in [0.4, 0.5) is 5.69 Å². The molecule has 0 aliphatic carbocycles. The topological polar surface area (TPSA) is 18.5 Å². The van der Waals surface area contributed by atoms with Crippen molar-refractivity contribution in [2.75, 3.05) is 38.6 Å². The van der Waals surface area contributed by atoms with Gasteiger partial charge < -0.3 is 15.1 Å². The molecule has 0 bridgehead atoms. The van der Waals surface area contributed by atoms with Crippen LogP contribution in [0.2, 0.25) is 0 Å². The van der Waals surface area contributed by atoms with Crippen LogP contribution in [0.3, 0.4) is 0 Å². The fourth-order valence-electron chi connectivity index (χ4n) is 2.77. The summed E-state index contributed by atoms with van der Waals surface area (Å²) in [6, 6.07) is 7.64. The first-order valence-electron chi connectivity index (χ1n) is 6.88. The first kappa shape index (κ1) is 14.8. The van der Waals surface area contributed by atoms with Crippen molar-refractivity contribution < 1.29 is 0 Å². The summed E-state index contributed by atoms with van der Waals surface area (Å²) in [5.41, 5.74) is 2.70. The predicted molar refractivity (Wildman–Crippen MR) is 86.0 cm³/mol. The smallest absolute Gasteiger partial charge is 0.0400 e. The summed E-state index contributed by atoms with van der Waals surface area (Å²) < 4.78 is 1.15. The zero-order valence-corrected chi connectivity index (χ0v) is 13.9. The zero-order valence-electron chi connectivity index (χ0n) is 12.3. The summed E-state index contributed by atoms with van der Waals surface area (Å²) >= 11 is 3.54. The largest absolute Gasteiger partial charge is 0.366 e. The van der Waals surface area contributed by atoms with E-state index in [0.717, 1.165) is 24.1 Å². The third-order valence-electron chi connectivity index (χ3n) is 3.70. The number of likely N-dealkylation sites (N-methyl/N-ethyl adjacent to an activating group) is 1. The highest BCUT2D eigenvalue weighted by Gasteiger charge is 2.26. The average molecular weight is 326 g/mol. The maximum absolute atomic E-state index is 3.64. The van der Waals surface area contributed by atoms with Crippen molar-refractivity contribution in [1.82, 2.24) is 10.2 Å². The van der Waals surface area contributed by atoms with Gasteiger partial charge in [-0.1, -0.05) is 15.9 Å². The molecule has 19 heavy (non-hydrogen) atoms. The van der Waals surface area contributed by atoms with Gasteiger partial charge in [0, 0.05) is 41.9 Å². The summed E-state index contributed by atoms with van der Waals surface area (Å²) in [4.78, 5) is 4.78. The fraction of sp³-hybridized carbons (Fsp3) is 0.600. The number of benzene rings is 1. The minimum absolute atomic E-state index is 0.536. The van der Waals surface area contributed by atoms with Crippen LogP contribution < -0.4 is 10.2 Å². The van der Waals surface area contributed by atoms with Crippen molar-refractivity contribution in [3.63, 3.8) is 0 Å².